The molecule has 5 nitrogen and oxygen atoms in total. The van der Waals surface area contributed by atoms with Gasteiger partial charge in [0, 0.05) is 0 Å². The number of halogens is 1. The quantitative estimate of drug-likeness (QED) is 0.548. The van der Waals surface area contributed by atoms with Crippen LogP contribution < -0.4 is 0 Å². The summed E-state index contributed by atoms with van der Waals surface area (Å²) in [7, 11) is 0. The maximum atomic E-state index is 14.0. The summed E-state index contributed by atoms with van der Waals surface area (Å²) in [6.45, 7) is 5.59. The van der Waals surface area contributed by atoms with Crippen LogP contribution in [0.5, 0.6) is 0 Å². The van der Waals surface area contributed by atoms with E-state index in [1.54, 1.807) is 13.8 Å². The van der Waals surface area contributed by atoms with Gasteiger partial charge in [-0.25, -0.2) is 9.18 Å². The van der Waals surface area contributed by atoms with E-state index >= 15 is 0 Å². The van der Waals surface area contributed by atoms with Crippen LogP contribution in [-0.2, 0) is 23.8 Å². The number of carbonyl (C=O) groups is 2. The molecule has 0 saturated carbocycles. The second-order valence-electron chi connectivity index (χ2n) is 4.41. The number of ether oxygens (including phenoxy) is 3. The number of hydrogen-bond donors (Lipinski definition) is 0. The van der Waals surface area contributed by atoms with Gasteiger partial charge in [-0.3, -0.25) is 4.79 Å². The number of esters is 1. The first kappa shape index (κ1) is 14.1. The van der Waals surface area contributed by atoms with E-state index in [4.69, 9.17) is 9.47 Å². The minimum absolute atomic E-state index is 0.0130. The van der Waals surface area contributed by atoms with Crippen molar-refractivity contribution < 1.29 is 28.2 Å². The van der Waals surface area contributed by atoms with Crippen LogP contribution in [-0.4, -0.2) is 42.5 Å². The van der Waals surface area contributed by atoms with Gasteiger partial charge in [0.25, 0.3) is 5.67 Å². The van der Waals surface area contributed by atoms with Crippen molar-refractivity contribution in [3.63, 3.8) is 0 Å². The van der Waals surface area contributed by atoms with Crippen molar-refractivity contribution in [2.24, 2.45) is 0 Å². The van der Waals surface area contributed by atoms with Crippen molar-refractivity contribution in [3.8, 4) is 0 Å². The molecule has 0 N–H and O–H groups in total. The number of alkyl halides is 1. The standard InChI is InChI=1S/C11H17FO5/c1-5-15-9(14)11(4,12)8(13)7-6-16-10(2,3)17-7/h7H,5-6H2,1-4H3. The van der Waals surface area contributed by atoms with Crippen LogP contribution in [0, 0.1) is 0 Å². The van der Waals surface area contributed by atoms with Gasteiger partial charge in [-0.05, 0) is 27.7 Å². The molecule has 0 bridgehead atoms. The Kier molecular flexibility index (Phi) is 3.88. The van der Waals surface area contributed by atoms with Crippen molar-refractivity contribution >= 4 is 11.8 Å². The Bertz CT molecular complexity index is 324. The van der Waals surface area contributed by atoms with Crippen LogP contribution in [0.3, 0.4) is 0 Å². The molecule has 1 aliphatic heterocycles. The summed E-state index contributed by atoms with van der Waals surface area (Å²) in [4.78, 5) is 23.1. The Morgan fingerprint density at radius 2 is 2.12 bits per heavy atom. The van der Waals surface area contributed by atoms with Gasteiger partial charge in [0.2, 0.25) is 5.78 Å². The maximum absolute atomic E-state index is 14.0. The van der Waals surface area contributed by atoms with E-state index in [1.165, 1.54) is 6.92 Å². The molecule has 98 valence electrons. The van der Waals surface area contributed by atoms with Crippen molar-refractivity contribution in [2.45, 2.75) is 45.3 Å². The molecular formula is C11H17FO5. The fourth-order valence-corrected chi connectivity index (χ4v) is 1.49. The first-order valence-electron chi connectivity index (χ1n) is 5.43. The lowest BCUT2D eigenvalue weighted by molar-refractivity contribution is -0.170. The Morgan fingerprint density at radius 3 is 2.53 bits per heavy atom. The maximum Gasteiger partial charge on any atom is 0.351 e. The van der Waals surface area contributed by atoms with Crippen LogP contribution in [0.2, 0.25) is 0 Å². The molecule has 1 heterocycles. The Hall–Kier alpha value is -1.01. The van der Waals surface area contributed by atoms with E-state index in [2.05, 4.69) is 4.74 Å². The molecular weight excluding hydrogens is 231 g/mol. The molecule has 1 aliphatic rings. The summed E-state index contributed by atoms with van der Waals surface area (Å²) in [5, 5.41) is 0. The molecule has 0 spiro atoms. The Labute approximate surface area is 99.2 Å². The molecule has 0 amide bonds. The van der Waals surface area contributed by atoms with E-state index in [-0.39, 0.29) is 13.2 Å². The average molecular weight is 248 g/mol. The number of rotatable bonds is 4. The summed E-state index contributed by atoms with van der Waals surface area (Å²) in [6, 6.07) is 0. The zero-order chi connectivity index (χ0) is 13.3. The van der Waals surface area contributed by atoms with Crippen LogP contribution in [0.15, 0.2) is 0 Å². The molecule has 2 unspecified atom stereocenters. The highest BCUT2D eigenvalue weighted by Crippen LogP contribution is 2.27. The first-order chi connectivity index (χ1) is 7.70. The van der Waals surface area contributed by atoms with E-state index in [9.17, 15) is 14.0 Å². The van der Waals surface area contributed by atoms with Gasteiger partial charge in [0.05, 0.1) is 13.2 Å². The van der Waals surface area contributed by atoms with Crippen LogP contribution in [0.4, 0.5) is 4.39 Å². The number of Topliss-reactive ketones (excluding diaryl/α,β-unsaturated/α-hetero) is 1. The van der Waals surface area contributed by atoms with Gasteiger partial charge in [-0.15, -0.1) is 0 Å². The third-order valence-corrected chi connectivity index (χ3v) is 2.42. The van der Waals surface area contributed by atoms with Gasteiger partial charge in [0.15, 0.2) is 5.79 Å². The van der Waals surface area contributed by atoms with Crippen molar-refractivity contribution in [2.75, 3.05) is 13.2 Å². The largest absolute Gasteiger partial charge is 0.463 e. The van der Waals surface area contributed by atoms with Crippen molar-refractivity contribution in [3.05, 3.63) is 0 Å². The molecule has 1 saturated heterocycles. The topological polar surface area (TPSA) is 61.8 Å². The lowest BCUT2D eigenvalue weighted by Crippen LogP contribution is -2.47. The summed E-state index contributed by atoms with van der Waals surface area (Å²) in [5.41, 5.74) is -2.70. The highest BCUT2D eigenvalue weighted by Gasteiger charge is 2.50. The summed E-state index contributed by atoms with van der Waals surface area (Å²) in [6.07, 6.45) is -1.08. The zero-order valence-corrected chi connectivity index (χ0v) is 10.4. The molecule has 0 aromatic carbocycles. The van der Waals surface area contributed by atoms with Crippen molar-refractivity contribution in [1.82, 2.24) is 0 Å². The molecule has 0 radical (unpaired) electrons. The first-order valence-corrected chi connectivity index (χ1v) is 5.43. The molecule has 6 heteroatoms. The predicted octanol–water partition coefficient (Wildman–Crippen LogP) is 0.998. The van der Waals surface area contributed by atoms with E-state index in [0.29, 0.717) is 0 Å². The fraction of sp³-hybridized carbons (Fsp3) is 0.818. The Morgan fingerprint density at radius 1 is 1.53 bits per heavy atom. The Balaban J connectivity index is 2.73. The van der Waals surface area contributed by atoms with Gasteiger partial charge in [-0.1, -0.05) is 0 Å². The smallest absolute Gasteiger partial charge is 0.351 e. The fourth-order valence-electron chi connectivity index (χ4n) is 1.49. The molecule has 2 atom stereocenters. The third-order valence-electron chi connectivity index (χ3n) is 2.42. The second kappa shape index (κ2) is 4.70. The minimum atomic E-state index is -2.70. The van der Waals surface area contributed by atoms with Crippen LogP contribution in [0.25, 0.3) is 0 Å². The SMILES string of the molecule is CCOC(=O)C(C)(F)C(=O)C1COC(C)(C)O1. The van der Waals surface area contributed by atoms with E-state index in [0.717, 1.165) is 6.92 Å². The molecule has 1 fully saturated rings. The highest BCUT2D eigenvalue weighted by molar-refractivity contribution is 6.08. The van der Waals surface area contributed by atoms with E-state index in [1.807, 2.05) is 0 Å². The average Bonchev–Trinajstić information content (AvgIpc) is 2.58. The summed E-state index contributed by atoms with van der Waals surface area (Å²) in [5.74, 6) is -3.11. The number of hydrogen-bond acceptors (Lipinski definition) is 5. The third kappa shape index (κ3) is 3.01. The van der Waals surface area contributed by atoms with Gasteiger partial charge >= 0.3 is 5.97 Å². The van der Waals surface area contributed by atoms with Crippen LogP contribution >= 0.6 is 0 Å². The predicted molar refractivity (Wildman–Crippen MR) is 56.1 cm³/mol. The monoisotopic (exact) mass is 248 g/mol. The molecule has 0 aliphatic carbocycles. The highest BCUT2D eigenvalue weighted by atomic mass is 19.1. The van der Waals surface area contributed by atoms with Crippen LogP contribution in [0.1, 0.15) is 27.7 Å². The molecule has 0 aromatic heterocycles. The lowest BCUT2D eigenvalue weighted by Gasteiger charge is -2.21. The lowest BCUT2D eigenvalue weighted by atomic mass is 9.99. The zero-order valence-electron chi connectivity index (χ0n) is 10.4. The number of ketones is 1. The molecule has 0 aromatic rings. The van der Waals surface area contributed by atoms with Gasteiger partial charge < -0.3 is 14.2 Å². The molecule has 17 heavy (non-hydrogen) atoms. The summed E-state index contributed by atoms with van der Waals surface area (Å²) >= 11 is 0. The summed E-state index contributed by atoms with van der Waals surface area (Å²) < 4.78 is 28.9. The van der Waals surface area contributed by atoms with Gasteiger partial charge in [0.1, 0.15) is 6.10 Å². The second-order valence-corrected chi connectivity index (χ2v) is 4.41. The normalized spacial score (nSPS) is 26.3. The molecule has 1 rings (SSSR count). The van der Waals surface area contributed by atoms with Gasteiger partial charge in [-0.2, -0.15) is 0 Å². The number of carbonyl (C=O) groups excluding carboxylic acids is 2. The van der Waals surface area contributed by atoms with Crippen molar-refractivity contribution in [1.29, 1.82) is 0 Å². The van der Waals surface area contributed by atoms with E-state index < -0.39 is 29.3 Å². The minimum Gasteiger partial charge on any atom is -0.463 e.